The molecule has 1 unspecified atom stereocenters. The van der Waals surface area contributed by atoms with Crippen LogP contribution in [-0.2, 0) is 0 Å². The standard InChI is InChI=1S/C15H19N3OS.2ClH/c19-15(17-7-5-11-2-1-6-16-9-11)12-3-4-13-14(8-12)20-10-18-13;;/h3-4,8,10-11,16H,1-2,5-7,9H2,(H,17,19);2*1H. The van der Waals surface area contributed by atoms with Gasteiger partial charge in [0.2, 0.25) is 0 Å². The largest absolute Gasteiger partial charge is 0.352 e. The van der Waals surface area contributed by atoms with E-state index >= 15 is 0 Å². The van der Waals surface area contributed by atoms with Crippen LogP contribution in [0, 0.1) is 5.92 Å². The summed E-state index contributed by atoms with van der Waals surface area (Å²) in [7, 11) is 0. The minimum atomic E-state index is 0. The molecule has 2 heterocycles. The number of hydrogen-bond acceptors (Lipinski definition) is 4. The first kappa shape index (κ1) is 19.2. The minimum absolute atomic E-state index is 0. The molecule has 22 heavy (non-hydrogen) atoms. The maximum atomic E-state index is 12.1. The lowest BCUT2D eigenvalue weighted by Crippen LogP contribution is -2.33. The first-order valence-corrected chi connectivity index (χ1v) is 8.03. The highest BCUT2D eigenvalue weighted by atomic mass is 35.5. The molecule has 0 saturated carbocycles. The number of thiazole rings is 1. The third-order valence-corrected chi connectivity index (χ3v) is 4.62. The van der Waals surface area contributed by atoms with E-state index in [1.807, 2.05) is 23.7 Å². The number of piperidine rings is 1. The molecule has 2 N–H and O–H groups in total. The average molecular weight is 362 g/mol. The molecule has 122 valence electrons. The summed E-state index contributed by atoms with van der Waals surface area (Å²) in [5, 5.41) is 6.42. The van der Waals surface area contributed by atoms with Crippen LogP contribution in [-0.4, -0.2) is 30.5 Å². The number of nitrogens with zero attached hydrogens (tertiary/aromatic N) is 1. The molecule has 1 aromatic carbocycles. The number of carbonyl (C=O) groups excluding carboxylic acids is 1. The Morgan fingerprint density at radius 3 is 3.05 bits per heavy atom. The van der Waals surface area contributed by atoms with Gasteiger partial charge in [0.1, 0.15) is 0 Å². The number of rotatable bonds is 4. The number of nitrogens with one attached hydrogen (secondary N) is 2. The number of halogens is 2. The van der Waals surface area contributed by atoms with Gasteiger partial charge in [-0.25, -0.2) is 4.98 Å². The molecule has 7 heteroatoms. The van der Waals surface area contributed by atoms with Crippen molar-refractivity contribution in [1.82, 2.24) is 15.6 Å². The molecule has 1 atom stereocenters. The third kappa shape index (κ3) is 4.81. The van der Waals surface area contributed by atoms with Gasteiger partial charge >= 0.3 is 0 Å². The number of carbonyl (C=O) groups is 1. The molecule has 1 fully saturated rings. The summed E-state index contributed by atoms with van der Waals surface area (Å²) >= 11 is 1.57. The van der Waals surface area contributed by atoms with Crippen molar-refractivity contribution in [3.05, 3.63) is 29.3 Å². The maximum absolute atomic E-state index is 12.1. The fraction of sp³-hybridized carbons (Fsp3) is 0.467. The highest BCUT2D eigenvalue weighted by molar-refractivity contribution is 7.16. The van der Waals surface area contributed by atoms with Gasteiger partial charge < -0.3 is 10.6 Å². The Bertz CT molecular complexity index is 599. The first-order chi connectivity index (χ1) is 9.83. The number of hydrogen-bond donors (Lipinski definition) is 2. The number of amides is 1. The summed E-state index contributed by atoms with van der Waals surface area (Å²) in [6.07, 6.45) is 3.58. The van der Waals surface area contributed by atoms with E-state index in [9.17, 15) is 4.79 Å². The predicted molar refractivity (Wildman–Crippen MR) is 96.7 cm³/mol. The Morgan fingerprint density at radius 2 is 2.27 bits per heavy atom. The van der Waals surface area contributed by atoms with Crippen LogP contribution in [0.4, 0.5) is 0 Å². The van der Waals surface area contributed by atoms with Gasteiger partial charge in [-0.05, 0) is 56.5 Å². The van der Waals surface area contributed by atoms with E-state index in [1.165, 1.54) is 12.8 Å². The van der Waals surface area contributed by atoms with Crippen molar-refractivity contribution >= 4 is 52.3 Å². The Kier molecular flexibility index (Phi) is 8.10. The van der Waals surface area contributed by atoms with Crippen LogP contribution in [0.15, 0.2) is 23.7 Å². The maximum Gasteiger partial charge on any atom is 0.251 e. The van der Waals surface area contributed by atoms with E-state index in [4.69, 9.17) is 0 Å². The van der Waals surface area contributed by atoms with Gasteiger partial charge in [-0.15, -0.1) is 36.2 Å². The average Bonchev–Trinajstić information content (AvgIpc) is 2.95. The van der Waals surface area contributed by atoms with Crippen molar-refractivity contribution < 1.29 is 4.79 Å². The van der Waals surface area contributed by atoms with Crippen LogP contribution < -0.4 is 10.6 Å². The Hall–Kier alpha value is -0.880. The van der Waals surface area contributed by atoms with Crippen molar-refractivity contribution in [3.8, 4) is 0 Å². The van der Waals surface area contributed by atoms with E-state index in [0.29, 0.717) is 5.92 Å². The molecule has 0 aliphatic carbocycles. The lowest BCUT2D eigenvalue weighted by atomic mass is 9.96. The second-order valence-electron chi connectivity index (χ2n) is 5.29. The molecule has 4 nitrogen and oxygen atoms in total. The zero-order chi connectivity index (χ0) is 13.8. The highest BCUT2D eigenvalue weighted by Crippen LogP contribution is 2.19. The smallest absolute Gasteiger partial charge is 0.251 e. The summed E-state index contributed by atoms with van der Waals surface area (Å²) in [6.45, 7) is 2.98. The molecule has 0 radical (unpaired) electrons. The van der Waals surface area contributed by atoms with Gasteiger partial charge in [-0.2, -0.15) is 0 Å². The van der Waals surface area contributed by atoms with Crippen molar-refractivity contribution in [2.24, 2.45) is 5.92 Å². The Morgan fingerprint density at radius 1 is 1.41 bits per heavy atom. The fourth-order valence-corrected chi connectivity index (χ4v) is 3.37. The molecule has 0 spiro atoms. The Labute approximate surface area is 146 Å². The van der Waals surface area contributed by atoms with Crippen LogP contribution >= 0.6 is 36.2 Å². The van der Waals surface area contributed by atoms with Gasteiger partial charge in [-0.3, -0.25) is 4.79 Å². The van der Waals surface area contributed by atoms with Crippen LogP contribution in [0.25, 0.3) is 10.2 Å². The fourth-order valence-electron chi connectivity index (χ4n) is 2.66. The van der Waals surface area contributed by atoms with Gasteiger partial charge in [0.25, 0.3) is 5.91 Å². The predicted octanol–water partition coefficient (Wildman–Crippen LogP) is 3.26. The van der Waals surface area contributed by atoms with E-state index in [1.54, 1.807) is 11.3 Å². The zero-order valence-corrected chi connectivity index (χ0v) is 14.7. The third-order valence-electron chi connectivity index (χ3n) is 3.83. The van der Waals surface area contributed by atoms with E-state index in [-0.39, 0.29) is 30.7 Å². The number of fused-ring (bicyclic) bond motifs is 1. The van der Waals surface area contributed by atoms with Crippen molar-refractivity contribution in [1.29, 1.82) is 0 Å². The van der Waals surface area contributed by atoms with Gasteiger partial charge in [0.05, 0.1) is 15.7 Å². The summed E-state index contributed by atoms with van der Waals surface area (Å²) in [6, 6.07) is 5.68. The Balaban J connectivity index is 0.00000121. The van der Waals surface area contributed by atoms with E-state index in [0.717, 1.165) is 41.8 Å². The van der Waals surface area contributed by atoms with Gasteiger partial charge in [-0.1, -0.05) is 0 Å². The zero-order valence-electron chi connectivity index (χ0n) is 12.2. The molecule has 1 aliphatic heterocycles. The van der Waals surface area contributed by atoms with Crippen LogP contribution in [0.2, 0.25) is 0 Å². The second kappa shape index (κ2) is 9.30. The minimum Gasteiger partial charge on any atom is -0.352 e. The van der Waals surface area contributed by atoms with Crippen LogP contribution in [0.5, 0.6) is 0 Å². The topological polar surface area (TPSA) is 54.0 Å². The lowest BCUT2D eigenvalue weighted by molar-refractivity contribution is 0.0951. The SMILES string of the molecule is Cl.Cl.O=C(NCCC1CCCNC1)c1ccc2ncsc2c1. The molecule has 1 aliphatic rings. The monoisotopic (exact) mass is 361 g/mol. The summed E-state index contributed by atoms with van der Waals surface area (Å²) in [5.74, 6) is 0.720. The molecule has 1 aromatic heterocycles. The normalized spacial score (nSPS) is 17.4. The summed E-state index contributed by atoms with van der Waals surface area (Å²) < 4.78 is 1.06. The molecule has 3 rings (SSSR count). The van der Waals surface area contributed by atoms with Crippen molar-refractivity contribution in [2.45, 2.75) is 19.3 Å². The molecule has 1 saturated heterocycles. The molecule has 0 bridgehead atoms. The number of aromatic nitrogens is 1. The highest BCUT2D eigenvalue weighted by Gasteiger charge is 2.13. The molecule has 2 aromatic rings. The second-order valence-corrected chi connectivity index (χ2v) is 6.18. The summed E-state index contributed by atoms with van der Waals surface area (Å²) in [4.78, 5) is 16.3. The molecular formula is C15H21Cl2N3OS. The van der Waals surface area contributed by atoms with Crippen LogP contribution in [0.3, 0.4) is 0 Å². The lowest BCUT2D eigenvalue weighted by Gasteiger charge is -2.22. The van der Waals surface area contributed by atoms with E-state index in [2.05, 4.69) is 15.6 Å². The van der Waals surface area contributed by atoms with E-state index < -0.39 is 0 Å². The number of benzene rings is 1. The van der Waals surface area contributed by atoms with Gasteiger partial charge in [0, 0.05) is 12.1 Å². The van der Waals surface area contributed by atoms with Gasteiger partial charge in [0.15, 0.2) is 0 Å². The van der Waals surface area contributed by atoms with Crippen molar-refractivity contribution in [2.75, 3.05) is 19.6 Å². The summed E-state index contributed by atoms with van der Waals surface area (Å²) in [5.41, 5.74) is 3.49. The van der Waals surface area contributed by atoms with Crippen molar-refractivity contribution in [3.63, 3.8) is 0 Å². The van der Waals surface area contributed by atoms with Crippen LogP contribution in [0.1, 0.15) is 29.6 Å². The quantitative estimate of drug-likeness (QED) is 0.878. The molecular weight excluding hydrogens is 341 g/mol. The first-order valence-electron chi connectivity index (χ1n) is 7.15. The molecule has 1 amide bonds.